The van der Waals surface area contributed by atoms with Gasteiger partial charge in [-0.3, -0.25) is 4.79 Å². The highest BCUT2D eigenvalue weighted by molar-refractivity contribution is 7.98. The molecule has 0 unspecified atom stereocenters. The Balaban J connectivity index is 1.54. The molecule has 0 fully saturated rings. The van der Waals surface area contributed by atoms with Crippen LogP contribution in [0, 0.1) is 6.92 Å². The summed E-state index contributed by atoms with van der Waals surface area (Å²) < 4.78 is 1.75. The summed E-state index contributed by atoms with van der Waals surface area (Å²) in [5.74, 6) is 0.349. The minimum Gasteiger partial charge on any atom is -0.346 e. The van der Waals surface area contributed by atoms with E-state index in [9.17, 15) is 4.79 Å². The number of carbonyl (C=O) groups is 1. The molecule has 0 atom stereocenters. The van der Waals surface area contributed by atoms with E-state index in [2.05, 4.69) is 31.0 Å². The number of amides is 1. The summed E-state index contributed by atoms with van der Waals surface area (Å²) >= 11 is 2.76. The van der Waals surface area contributed by atoms with Crippen molar-refractivity contribution in [3.8, 4) is 0 Å². The van der Waals surface area contributed by atoms with Crippen LogP contribution in [-0.2, 0) is 12.3 Å². The van der Waals surface area contributed by atoms with Crippen molar-refractivity contribution in [1.82, 2.24) is 35.7 Å². The minimum absolute atomic E-state index is 0.185. The summed E-state index contributed by atoms with van der Waals surface area (Å²) in [5.41, 5.74) is 2.24. The molecule has 0 saturated carbocycles. The van der Waals surface area contributed by atoms with Crippen molar-refractivity contribution >= 4 is 29.0 Å². The van der Waals surface area contributed by atoms with Crippen molar-refractivity contribution in [3.63, 3.8) is 0 Å². The van der Waals surface area contributed by atoms with E-state index in [1.165, 1.54) is 28.7 Å². The van der Waals surface area contributed by atoms with Crippen LogP contribution in [0.25, 0.3) is 0 Å². The Morgan fingerprint density at radius 1 is 1.23 bits per heavy atom. The number of aryl methyl sites for hydroxylation is 1. The van der Waals surface area contributed by atoms with Crippen LogP contribution in [-0.4, -0.2) is 36.3 Å². The number of nitrogens with one attached hydrogen (secondary N) is 1. The second-order valence-electron chi connectivity index (χ2n) is 5.96. The van der Waals surface area contributed by atoms with Gasteiger partial charge in [0.1, 0.15) is 5.01 Å². The second kappa shape index (κ2) is 8.37. The van der Waals surface area contributed by atoms with E-state index in [1.807, 2.05) is 45.0 Å². The molecule has 0 spiro atoms. The Bertz CT molecular complexity index is 873. The van der Waals surface area contributed by atoms with E-state index in [0.717, 1.165) is 15.7 Å². The molecule has 3 rings (SSSR count). The van der Waals surface area contributed by atoms with Gasteiger partial charge in [0.05, 0.1) is 11.8 Å². The van der Waals surface area contributed by atoms with Gasteiger partial charge >= 0.3 is 0 Å². The lowest BCUT2D eigenvalue weighted by atomic mass is 10.1. The van der Waals surface area contributed by atoms with Gasteiger partial charge in [-0.25, -0.2) is 4.68 Å². The van der Waals surface area contributed by atoms with Crippen LogP contribution in [0.4, 0.5) is 0 Å². The Morgan fingerprint density at radius 3 is 2.73 bits per heavy atom. The number of tetrazole rings is 1. The predicted molar refractivity (Wildman–Crippen MR) is 100 cm³/mol. The van der Waals surface area contributed by atoms with Gasteiger partial charge in [-0.2, -0.15) is 0 Å². The van der Waals surface area contributed by atoms with Crippen molar-refractivity contribution in [2.75, 3.05) is 0 Å². The normalized spacial score (nSPS) is 11.1. The molecule has 3 aromatic rings. The zero-order chi connectivity index (χ0) is 18.5. The molecule has 0 saturated heterocycles. The largest absolute Gasteiger partial charge is 0.346 e. The summed E-state index contributed by atoms with van der Waals surface area (Å²) in [4.78, 5) is 12.2. The molecule has 0 bridgehead atoms. The van der Waals surface area contributed by atoms with Crippen LogP contribution in [0.3, 0.4) is 0 Å². The third-order valence-electron chi connectivity index (χ3n) is 3.51. The minimum atomic E-state index is -0.216. The quantitative estimate of drug-likeness (QED) is 0.620. The van der Waals surface area contributed by atoms with Gasteiger partial charge in [0, 0.05) is 6.54 Å². The molecule has 136 valence electrons. The van der Waals surface area contributed by atoms with Gasteiger partial charge in [-0.15, -0.1) is 15.3 Å². The fourth-order valence-corrected chi connectivity index (χ4v) is 3.85. The van der Waals surface area contributed by atoms with E-state index in [1.54, 1.807) is 4.68 Å². The molecule has 2 heterocycles. The maximum Gasteiger partial charge on any atom is 0.282 e. The lowest BCUT2D eigenvalue weighted by molar-refractivity contribution is 0.0950. The smallest absolute Gasteiger partial charge is 0.282 e. The SMILES string of the molecule is Cc1ccc(CNC(=O)c2nnc(CSc3nnnn3C(C)C)s2)cc1. The molecular formula is C16H19N7OS2. The molecule has 0 radical (unpaired) electrons. The van der Waals surface area contributed by atoms with Gasteiger partial charge in [0.2, 0.25) is 10.2 Å². The zero-order valence-corrected chi connectivity index (χ0v) is 16.3. The van der Waals surface area contributed by atoms with Crippen molar-refractivity contribution in [2.45, 2.75) is 44.3 Å². The van der Waals surface area contributed by atoms with Gasteiger partial charge < -0.3 is 5.32 Å². The van der Waals surface area contributed by atoms with E-state index >= 15 is 0 Å². The molecular weight excluding hydrogens is 370 g/mol. The fourth-order valence-electron chi connectivity index (χ4n) is 2.10. The third kappa shape index (κ3) is 4.64. The lowest BCUT2D eigenvalue weighted by Crippen LogP contribution is -2.22. The molecule has 10 heteroatoms. The summed E-state index contributed by atoms with van der Waals surface area (Å²) in [5, 5.41) is 24.4. The van der Waals surface area contributed by atoms with E-state index in [4.69, 9.17) is 0 Å². The van der Waals surface area contributed by atoms with Crippen molar-refractivity contribution in [1.29, 1.82) is 0 Å². The number of hydrogen-bond acceptors (Lipinski definition) is 8. The average molecular weight is 390 g/mol. The highest BCUT2D eigenvalue weighted by Gasteiger charge is 2.15. The van der Waals surface area contributed by atoms with E-state index < -0.39 is 0 Å². The standard InChI is InChI=1S/C16H19N7OS2/c1-10(2)23-16(20-21-22-23)25-9-13-18-19-15(26-13)14(24)17-8-12-6-4-11(3)5-7-12/h4-7,10H,8-9H2,1-3H3,(H,17,24). The summed E-state index contributed by atoms with van der Waals surface area (Å²) in [6.45, 7) is 6.53. The molecule has 1 aromatic carbocycles. The monoisotopic (exact) mass is 389 g/mol. The first kappa shape index (κ1) is 18.5. The van der Waals surface area contributed by atoms with Gasteiger partial charge in [-0.1, -0.05) is 52.9 Å². The van der Waals surface area contributed by atoms with Crippen LogP contribution in [0.5, 0.6) is 0 Å². The second-order valence-corrected chi connectivity index (χ2v) is 7.96. The number of benzene rings is 1. The Labute approximate surface area is 159 Å². The zero-order valence-electron chi connectivity index (χ0n) is 14.7. The summed E-state index contributed by atoms with van der Waals surface area (Å²) in [6.07, 6.45) is 0. The van der Waals surface area contributed by atoms with Gasteiger partial charge in [0.25, 0.3) is 5.91 Å². The number of thioether (sulfide) groups is 1. The average Bonchev–Trinajstić information content (AvgIpc) is 3.28. The Kier molecular flexibility index (Phi) is 5.94. The fraction of sp³-hybridized carbons (Fsp3) is 0.375. The molecule has 26 heavy (non-hydrogen) atoms. The predicted octanol–water partition coefficient (Wildman–Crippen LogP) is 2.64. The lowest BCUT2D eigenvalue weighted by Gasteiger charge is -2.05. The number of aromatic nitrogens is 6. The molecule has 1 amide bonds. The highest BCUT2D eigenvalue weighted by Crippen LogP contribution is 2.23. The van der Waals surface area contributed by atoms with Crippen LogP contribution in [0.2, 0.25) is 0 Å². The molecule has 8 nitrogen and oxygen atoms in total. The van der Waals surface area contributed by atoms with E-state index in [-0.39, 0.29) is 11.9 Å². The number of rotatable bonds is 7. The molecule has 0 aliphatic rings. The van der Waals surface area contributed by atoms with Crippen molar-refractivity contribution < 1.29 is 4.79 Å². The summed E-state index contributed by atoms with van der Waals surface area (Å²) in [7, 11) is 0. The first-order chi connectivity index (χ1) is 12.5. The van der Waals surface area contributed by atoms with Gasteiger partial charge in [-0.05, 0) is 36.8 Å². The van der Waals surface area contributed by atoms with E-state index in [0.29, 0.717) is 17.3 Å². The van der Waals surface area contributed by atoms with Crippen molar-refractivity contribution in [2.24, 2.45) is 0 Å². The van der Waals surface area contributed by atoms with Crippen LogP contribution >= 0.6 is 23.1 Å². The number of carbonyl (C=O) groups excluding carboxylic acids is 1. The van der Waals surface area contributed by atoms with Crippen LogP contribution < -0.4 is 5.32 Å². The molecule has 1 N–H and O–H groups in total. The topological polar surface area (TPSA) is 98.5 Å². The maximum atomic E-state index is 12.2. The number of nitrogens with zero attached hydrogens (tertiary/aromatic N) is 6. The Hall–Kier alpha value is -2.33. The number of hydrogen-bond donors (Lipinski definition) is 1. The first-order valence-electron chi connectivity index (χ1n) is 8.09. The van der Waals surface area contributed by atoms with Gasteiger partial charge in [0.15, 0.2) is 0 Å². The Morgan fingerprint density at radius 2 is 2.00 bits per heavy atom. The molecule has 0 aliphatic heterocycles. The molecule has 2 aromatic heterocycles. The highest BCUT2D eigenvalue weighted by atomic mass is 32.2. The van der Waals surface area contributed by atoms with Crippen LogP contribution in [0.15, 0.2) is 29.4 Å². The van der Waals surface area contributed by atoms with Crippen molar-refractivity contribution in [3.05, 3.63) is 45.4 Å². The van der Waals surface area contributed by atoms with Crippen LogP contribution in [0.1, 0.15) is 45.8 Å². The third-order valence-corrected chi connectivity index (χ3v) is 5.56. The maximum absolute atomic E-state index is 12.2. The summed E-state index contributed by atoms with van der Waals surface area (Å²) in [6, 6.07) is 8.22. The molecule has 0 aliphatic carbocycles. The first-order valence-corrected chi connectivity index (χ1v) is 9.90.